The van der Waals surface area contributed by atoms with Crippen LogP contribution < -0.4 is 11.2 Å². The number of hydrogen-bond donors (Lipinski definition) is 2. The Balaban J connectivity index is 2.72. The average molecular weight is 167 g/mol. The summed E-state index contributed by atoms with van der Waals surface area (Å²) in [5.74, 6) is 0. The molecule has 1 rings (SSSR count). The number of hydrazine groups is 1. The Morgan fingerprint density at radius 1 is 1.75 bits per heavy atom. The molecule has 0 spiro atoms. The topological polar surface area (TPSA) is 51.0 Å². The molecule has 1 fully saturated rings. The van der Waals surface area contributed by atoms with Gasteiger partial charge in [0.05, 0.1) is 0 Å². The van der Waals surface area contributed by atoms with Gasteiger partial charge in [-0.25, -0.2) is 10.4 Å². The molecule has 0 radical (unpaired) electrons. The largest absolute Gasteiger partial charge is 0.324 e. The van der Waals surface area contributed by atoms with E-state index in [-0.39, 0.29) is 11.7 Å². The van der Waals surface area contributed by atoms with Crippen molar-refractivity contribution >= 4 is 0 Å². The van der Waals surface area contributed by atoms with Gasteiger partial charge in [0.1, 0.15) is 5.66 Å². The Bertz CT molecular complexity index is 220. The highest BCUT2D eigenvalue weighted by atomic mass is 15.8. The molecular formula is C9H17N3. The average Bonchev–Trinajstić information content (AvgIpc) is 2.55. The predicted octanol–water partition coefficient (Wildman–Crippen LogP) is 0.612. The van der Waals surface area contributed by atoms with Gasteiger partial charge in [-0.3, -0.25) is 0 Å². The Hall–Kier alpha value is -0.640. The highest BCUT2D eigenvalue weighted by Crippen LogP contribution is 2.25. The highest BCUT2D eigenvalue weighted by molar-refractivity contribution is 5.28. The molecule has 0 aromatic rings. The minimum atomic E-state index is -0.0167. The standard InChI is InChI=1S/C9H17N3/c1-5-8(7(2)10)6-9(3)11-12(9)4/h5-7,11H,1,10H2,2-4H3/b8-6+. The van der Waals surface area contributed by atoms with Crippen LogP contribution in [-0.2, 0) is 0 Å². The lowest BCUT2D eigenvalue weighted by atomic mass is 10.1. The Labute approximate surface area is 73.9 Å². The molecule has 0 aromatic carbocycles. The number of rotatable bonds is 3. The fraction of sp³-hybridized carbons (Fsp3) is 0.556. The summed E-state index contributed by atoms with van der Waals surface area (Å²) >= 11 is 0. The van der Waals surface area contributed by atoms with Gasteiger partial charge in [-0.2, -0.15) is 0 Å². The first-order valence-corrected chi connectivity index (χ1v) is 4.12. The van der Waals surface area contributed by atoms with Crippen molar-refractivity contribution in [3.63, 3.8) is 0 Å². The molecule has 0 aliphatic carbocycles. The fourth-order valence-electron chi connectivity index (χ4n) is 1.14. The van der Waals surface area contributed by atoms with Gasteiger partial charge in [0.2, 0.25) is 0 Å². The summed E-state index contributed by atoms with van der Waals surface area (Å²) in [5.41, 5.74) is 9.98. The molecule has 0 amide bonds. The van der Waals surface area contributed by atoms with E-state index in [1.165, 1.54) is 0 Å². The SMILES string of the molecule is C=C/C(=C\C1(C)NN1C)C(C)N. The molecule has 0 aromatic heterocycles. The van der Waals surface area contributed by atoms with Crippen LogP contribution in [0.1, 0.15) is 13.8 Å². The van der Waals surface area contributed by atoms with E-state index < -0.39 is 0 Å². The lowest BCUT2D eigenvalue weighted by Crippen LogP contribution is -2.20. The monoisotopic (exact) mass is 167 g/mol. The van der Waals surface area contributed by atoms with E-state index in [1.54, 1.807) is 0 Å². The van der Waals surface area contributed by atoms with Crippen molar-refractivity contribution < 1.29 is 0 Å². The van der Waals surface area contributed by atoms with E-state index in [9.17, 15) is 0 Å². The van der Waals surface area contributed by atoms with Crippen LogP contribution in [0.15, 0.2) is 24.3 Å². The van der Waals surface area contributed by atoms with E-state index in [0.29, 0.717) is 0 Å². The number of nitrogens with zero attached hydrogens (tertiary/aromatic N) is 1. The zero-order valence-corrected chi connectivity index (χ0v) is 7.96. The first-order valence-electron chi connectivity index (χ1n) is 4.12. The summed E-state index contributed by atoms with van der Waals surface area (Å²) in [6.07, 6.45) is 3.91. The maximum Gasteiger partial charge on any atom is 0.113 e. The highest BCUT2D eigenvalue weighted by Gasteiger charge is 2.42. The van der Waals surface area contributed by atoms with Crippen molar-refractivity contribution in [2.75, 3.05) is 7.05 Å². The molecule has 0 saturated carbocycles. The zero-order valence-electron chi connectivity index (χ0n) is 7.96. The van der Waals surface area contributed by atoms with E-state index in [4.69, 9.17) is 5.73 Å². The van der Waals surface area contributed by atoms with Crippen LogP contribution >= 0.6 is 0 Å². The molecule has 12 heavy (non-hydrogen) atoms. The maximum absolute atomic E-state index is 5.74. The second kappa shape index (κ2) is 3.01. The van der Waals surface area contributed by atoms with Gasteiger partial charge in [0.25, 0.3) is 0 Å². The number of nitrogens with two attached hydrogens (primary N) is 1. The third-order valence-electron chi connectivity index (χ3n) is 2.25. The van der Waals surface area contributed by atoms with Gasteiger partial charge in [0.15, 0.2) is 0 Å². The molecule has 0 bridgehead atoms. The molecule has 1 heterocycles. The molecule has 3 N–H and O–H groups in total. The van der Waals surface area contributed by atoms with Crippen LogP contribution in [0.25, 0.3) is 0 Å². The van der Waals surface area contributed by atoms with Gasteiger partial charge >= 0.3 is 0 Å². The van der Waals surface area contributed by atoms with Gasteiger partial charge in [-0.15, -0.1) is 0 Å². The van der Waals surface area contributed by atoms with Crippen LogP contribution in [0.3, 0.4) is 0 Å². The minimum Gasteiger partial charge on any atom is -0.324 e. The van der Waals surface area contributed by atoms with Crippen molar-refractivity contribution in [2.45, 2.75) is 25.6 Å². The molecule has 1 aliphatic heterocycles. The Kier molecular flexibility index (Phi) is 2.37. The van der Waals surface area contributed by atoms with Gasteiger partial charge < -0.3 is 5.73 Å². The van der Waals surface area contributed by atoms with Gasteiger partial charge in [0, 0.05) is 13.1 Å². The van der Waals surface area contributed by atoms with Crippen LogP contribution in [-0.4, -0.2) is 23.8 Å². The zero-order chi connectivity index (χ0) is 9.35. The molecule has 68 valence electrons. The number of nitrogens with one attached hydrogen (secondary N) is 1. The predicted molar refractivity (Wildman–Crippen MR) is 51.2 cm³/mol. The summed E-state index contributed by atoms with van der Waals surface area (Å²) < 4.78 is 0. The smallest absolute Gasteiger partial charge is 0.113 e. The van der Waals surface area contributed by atoms with Crippen molar-refractivity contribution in [1.82, 2.24) is 10.4 Å². The van der Waals surface area contributed by atoms with Gasteiger partial charge in [-0.1, -0.05) is 12.7 Å². The van der Waals surface area contributed by atoms with Crippen LogP contribution in [0.5, 0.6) is 0 Å². The van der Waals surface area contributed by atoms with E-state index in [0.717, 1.165) is 5.57 Å². The van der Waals surface area contributed by atoms with E-state index in [1.807, 2.05) is 25.1 Å². The first kappa shape index (κ1) is 9.45. The van der Waals surface area contributed by atoms with Crippen LogP contribution in [0.4, 0.5) is 0 Å². The van der Waals surface area contributed by atoms with Crippen molar-refractivity contribution in [2.24, 2.45) is 5.73 Å². The van der Waals surface area contributed by atoms with E-state index >= 15 is 0 Å². The summed E-state index contributed by atoms with van der Waals surface area (Å²) in [7, 11) is 2.00. The second-order valence-corrected chi connectivity index (χ2v) is 3.46. The Morgan fingerprint density at radius 2 is 2.25 bits per heavy atom. The lowest BCUT2D eigenvalue weighted by molar-refractivity contribution is 0.552. The third kappa shape index (κ3) is 1.75. The molecule has 3 nitrogen and oxygen atoms in total. The second-order valence-electron chi connectivity index (χ2n) is 3.46. The third-order valence-corrected chi connectivity index (χ3v) is 2.25. The molecule has 3 atom stereocenters. The minimum absolute atomic E-state index is 0.0167. The van der Waals surface area contributed by atoms with Crippen LogP contribution in [0.2, 0.25) is 0 Å². The molecule has 3 heteroatoms. The van der Waals surface area contributed by atoms with Crippen molar-refractivity contribution in [1.29, 1.82) is 0 Å². The molecular weight excluding hydrogens is 150 g/mol. The Morgan fingerprint density at radius 3 is 2.50 bits per heavy atom. The van der Waals surface area contributed by atoms with Crippen LogP contribution in [0, 0.1) is 0 Å². The fourth-order valence-corrected chi connectivity index (χ4v) is 1.14. The van der Waals surface area contributed by atoms with Crippen molar-refractivity contribution in [3.05, 3.63) is 24.3 Å². The molecule has 1 aliphatic rings. The summed E-state index contributed by atoms with van der Waals surface area (Å²) in [6, 6.07) is 0.0510. The molecule has 3 unspecified atom stereocenters. The molecule has 1 saturated heterocycles. The number of hydrogen-bond acceptors (Lipinski definition) is 3. The summed E-state index contributed by atoms with van der Waals surface area (Å²) in [5, 5.41) is 2.03. The summed E-state index contributed by atoms with van der Waals surface area (Å²) in [6.45, 7) is 7.78. The quantitative estimate of drug-likeness (QED) is 0.478. The van der Waals surface area contributed by atoms with E-state index in [2.05, 4.69) is 25.0 Å². The maximum atomic E-state index is 5.74. The number of likely N-dealkylation sites (N-methyl/N-ethyl adjacent to an activating group) is 1. The van der Waals surface area contributed by atoms with Crippen molar-refractivity contribution in [3.8, 4) is 0 Å². The van der Waals surface area contributed by atoms with Gasteiger partial charge in [-0.05, 0) is 25.5 Å². The first-order chi connectivity index (χ1) is 5.49. The summed E-state index contributed by atoms with van der Waals surface area (Å²) in [4.78, 5) is 0. The lowest BCUT2D eigenvalue weighted by Gasteiger charge is -2.08. The normalized spacial score (nSPS) is 37.7.